The zero-order valence-electron chi connectivity index (χ0n) is 24.2. The van der Waals surface area contributed by atoms with Gasteiger partial charge >= 0.3 is 0 Å². The molecule has 1 aliphatic carbocycles. The maximum atomic E-state index is 13.8. The van der Waals surface area contributed by atoms with Crippen LogP contribution in [-0.4, -0.2) is 59.3 Å². The van der Waals surface area contributed by atoms with Crippen molar-refractivity contribution in [2.75, 3.05) is 5.32 Å². The number of fused-ring (bicyclic) bond motifs is 2. The van der Waals surface area contributed by atoms with E-state index >= 15 is 0 Å². The highest BCUT2D eigenvalue weighted by atomic mass is 79.9. The van der Waals surface area contributed by atoms with Crippen LogP contribution in [0, 0.1) is 12.3 Å². The minimum atomic E-state index is -0.615. The summed E-state index contributed by atoms with van der Waals surface area (Å²) in [5.41, 5.74) is 3.39. The van der Waals surface area contributed by atoms with Gasteiger partial charge in [-0.1, -0.05) is 32.9 Å². The number of carbonyl (C=O) groups is 3. The van der Waals surface area contributed by atoms with Crippen LogP contribution in [0.1, 0.15) is 68.3 Å². The van der Waals surface area contributed by atoms with Gasteiger partial charge in [0.05, 0.1) is 5.52 Å². The summed E-state index contributed by atoms with van der Waals surface area (Å²) in [7, 11) is 0. The number of ketones is 1. The fourth-order valence-electron chi connectivity index (χ4n) is 5.93. The SMILES string of the molecule is CC(=O)c1nn(CC(=O)N2[C@H](C(=O)Nc3nc(Br)ccc3C)C[C@@]3(C)C[C@@H]23)c2ccc(-c3cnc(C(C)C)nc3)cc12. The van der Waals surface area contributed by atoms with E-state index in [9.17, 15) is 14.4 Å². The molecular formula is C31H32BrN7O3. The molecule has 2 aliphatic rings. The second-order valence-electron chi connectivity index (χ2n) is 12.0. The first-order valence-electron chi connectivity index (χ1n) is 14.0. The average Bonchev–Trinajstić information content (AvgIpc) is 3.32. The van der Waals surface area contributed by atoms with Crippen LogP contribution >= 0.6 is 15.9 Å². The van der Waals surface area contributed by atoms with Gasteiger partial charge in [-0.3, -0.25) is 19.1 Å². The number of likely N-dealkylation sites (tertiary alicyclic amines) is 1. The second-order valence-corrected chi connectivity index (χ2v) is 12.8. The summed E-state index contributed by atoms with van der Waals surface area (Å²) in [5, 5.41) is 8.14. The van der Waals surface area contributed by atoms with Crippen molar-refractivity contribution in [3.8, 4) is 11.1 Å². The Bertz CT molecular complexity index is 1750. The van der Waals surface area contributed by atoms with Crippen molar-refractivity contribution in [3.63, 3.8) is 0 Å². The number of anilines is 1. The smallest absolute Gasteiger partial charge is 0.248 e. The molecule has 6 rings (SSSR count). The second kappa shape index (κ2) is 10.4. The minimum absolute atomic E-state index is 0.00756. The molecule has 1 N–H and O–H groups in total. The number of pyridine rings is 1. The molecule has 4 heterocycles. The van der Waals surface area contributed by atoms with Crippen molar-refractivity contribution in [1.82, 2.24) is 29.6 Å². The third-order valence-electron chi connectivity index (χ3n) is 8.42. The first-order valence-corrected chi connectivity index (χ1v) is 14.8. The average molecular weight is 631 g/mol. The van der Waals surface area contributed by atoms with Gasteiger partial charge in [-0.05, 0) is 70.4 Å². The monoisotopic (exact) mass is 629 g/mol. The summed E-state index contributed by atoms with van der Waals surface area (Å²) in [4.78, 5) is 54.9. The standard InChI is InChI=1S/C31H32BrN7O3/c1-16(2)28-33-13-20(14-34-28)19-7-8-22-21(10-19)27(18(4)40)37-38(22)15-26(41)39-23(11-31(5)12-24(31)39)30(42)36-29-17(3)6-9-25(32)35-29/h6-10,13-14,16,23-24H,11-12,15H2,1-5H3,(H,35,36,42)/t23-,24+,31-/m0/s1. The molecule has 4 aromatic rings. The molecule has 11 heteroatoms. The number of nitrogens with zero attached hydrogens (tertiary/aromatic N) is 6. The Kier molecular flexibility index (Phi) is 6.95. The Morgan fingerprint density at radius 1 is 1.10 bits per heavy atom. The van der Waals surface area contributed by atoms with Crippen molar-refractivity contribution in [3.05, 3.63) is 64.4 Å². The van der Waals surface area contributed by atoms with Gasteiger partial charge in [0.1, 0.15) is 34.5 Å². The summed E-state index contributed by atoms with van der Waals surface area (Å²) < 4.78 is 2.19. The van der Waals surface area contributed by atoms with Crippen molar-refractivity contribution in [2.24, 2.45) is 5.41 Å². The van der Waals surface area contributed by atoms with Crippen LogP contribution in [0.3, 0.4) is 0 Å². The third kappa shape index (κ3) is 4.99. The number of piperidine rings is 1. The molecule has 0 bridgehead atoms. The van der Waals surface area contributed by atoms with Crippen molar-refractivity contribution in [2.45, 2.75) is 72.0 Å². The van der Waals surface area contributed by atoms with Crippen LogP contribution in [0.2, 0.25) is 0 Å². The Balaban J connectivity index is 1.28. The predicted octanol–water partition coefficient (Wildman–Crippen LogP) is 5.30. The first-order chi connectivity index (χ1) is 19.9. The number of hydrogen-bond acceptors (Lipinski definition) is 7. The van der Waals surface area contributed by atoms with E-state index in [1.165, 1.54) is 6.92 Å². The zero-order valence-corrected chi connectivity index (χ0v) is 25.8. The van der Waals surface area contributed by atoms with Crippen LogP contribution < -0.4 is 5.32 Å². The number of hydrogen-bond donors (Lipinski definition) is 1. The Labute approximate surface area is 252 Å². The molecule has 3 atom stereocenters. The number of carbonyl (C=O) groups excluding carboxylic acids is 3. The van der Waals surface area contributed by atoms with Gasteiger partial charge < -0.3 is 10.2 Å². The van der Waals surface area contributed by atoms with Crippen molar-refractivity contribution in [1.29, 1.82) is 0 Å². The van der Waals surface area contributed by atoms with Crippen LogP contribution in [-0.2, 0) is 16.1 Å². The Morgan fingerprint density at radius 3 is 2.52 bits per heavy atom. The summed E-state index contributed by atoms with van der Waals surface area (Å²) in [6, 6.07) is 8.74. The maximum Gasteiger partial charge on any atom is 0.248 e. The number of amides is 2. The lowest BCUT2D eigenvalue weighted by molar-refractivity contribution is -0.138. The molecule has 1 saturated carbocycles. The van der Waals surface area contributed by atoms with E-state index in [2.05, 4.69) is 48.2 Å². The topological polar surface area (TPSA) is 123 Å². The van der Waals surface area contributed by atoms with Crippen LogP contribution in [0.25, 0.3) is 22.0 Å². The van der Waals surface area contributed by atoms with E-state index in [1.807, 2.05) is 51.1 Å². The zero-order chi connectivity index (χ0) is 29.9. The van der Waals surface area contributed by atoms with Crippen molar-refractivity contribution >= 4 is 50.2 Å². The van der Waals surface area contributed by atoms with Gasteiger partial charge in [0.15, 0.2) is 5.78 Å². The number of rotatable bonds is 7. The van der Waals surface area contributed by atoms with Crippen LogP contribution in [0.5, 0.6) is 0 Å². The first kappa shape index (κ1) is 28.1. The molecule has 1 aliphatic heterocycles. The number of aryl methyl sites for hydroxylation is 1. The van der Waals surface area contributed by atoms with Crippen molar-refractivity contribution < 1.29 is 14.4 Å². The number of benzene rings is 1. The Hall–Kier alpha value is -3.99. The highest BCUT2D eigenvalue weighted by Crippen LogP contribution is 2.59. The van der Waals surface area contributed by atoms with E-state index in [-0.39, 0.29) is 41.5 Å². The molecular weight excluding hydrogens is 598 g/mol. The minimum Gasteiger partial charge on any atom is -0.325 e. The molecule has 1 aromatic carbocycles. The molecule has 10 nitrogen and oxygen atoms in total. The summed E-state index contributed by atoms with van der Waals surface area (Å²) in [6.07, 6.45) is 5.00. The van der Waals surface area contributed by atoms with Gasteiger partial charge in [-0.2, -0.15) is 5.10 Å². The molecule has 2 fully saturated rings. The normalized spacial score (nSPS) is 21.1. The predicted molar refractivity (Wildman–Crippen MR) is 162 cm³/mol. The van der Waals surface area contributed by atoms with Gasteiger partial charge in [-0.15, -0.1) is 0 Å². The Morgan fingerprint density at radius 2 is 1.83 bits per heavy atom. The van der Waals surface area contributed by atoms with E-state index < -0.39 is 6.04 Å². The quantitative estimate of drug-likeness (QED) is 0.217. The summed E-state index contributed by atoms with van der Waals surface area (Å²) in [5.74, 6) is 0.797. The lowest BCUT2D eigenvalue weighted by atomic mass is 10.0. The van der Waals surface area contributed by atoms with E-state index in [0.29, 0.717) is 33.4 Å². The molecule has 2 amide bonds. The van der Waals surface area contributed by atoms with Gasteiger partial charge in [0.25, 0.3) is 0 Å². The lowest BCUT2D eigenvalue weighted by Gasteiger charge is -2.27. The molecule has 0 spiro atoms. The molecule has 0 radical (unpaired) electrons. The van der Waals surface area contributed by atoms with E-state index in [4.69, 9.17) is 0 Å². The van der Waals surface area contributed by atoms with E-state index in [1.54, 1.807) is 22.0 Å². The maximum absolute atomic E-state index is 13.8. The number of nitrogens with one attached hydrogen (secondary N) is 1. The van der Waals surface area contributed by atoms with Gasteiger partial charge in [0, 0.05) is 42.2 Å². The highest BCUT2D eigenvalue weighted by Gasteiger charge is 2.64. The molecule has 216 valence electrons. The molecule has 0 unspecified atom stereocenters. The summed E-state index contributed by atoms with van der Waals surface area (Å²) in [6.45, 7) is 9.45. The van der Waals surface area contributed by atoms with E-state index in [0.717, 1.165) is 28.9 Å². The number of Topliss-reactive ketones (excluding diaryl/α,β-unsaturated/α-hetero) is 1. The fraction of sp³-hybridized carbons (Fsp3) is 0.387. The highest BCUT2D eigenvalue weighted by molar-refractivity contribution is 9.10. The largest absolute Gasteiger partial charge is 0.325 e. The molecule has 42 heavy (non-hydrogen) atoms. The third-order valence-corrected chi connectivity index (χ3v) is 8.86. The lowest BCUT2D eigenvalue weighted by Crippen LogP contribution is -2.47. The summed E-state index contributed by atoms with van der Waals surface area (Å²) >= 11 is 3.36. The molecule has 3 aromatic heterocycles. The molecule has 1 saturated heterocycles. The fourth-order valence-corrected chi connectivity index (χ4v) is 6.24. The van der Waals surface area contributed by atoms with Gasteiger partial charge in [0.2, 0.25) is 11.8 Å². The van der Waals surface area contributed by atoms with Gasteiger partial charge in [-0.25, -0.2) is 15.0 Å². The number of aromatic nitrogens is 5. The van der Waals surface area contributed by atoms with Crippen LogP contribution in [0.4, 0.5) is 5.82 Å². The van der Waals surface area contributed by atoms with Crippen LogP contribution in [0.15, 0.2) is 47.3 Å². The number of halogens is 1.